The number of carbonyl (C=O) groups excluding carboxylic acids is 1. The molecule has 0 atom stereocenters. The maximum Gasteiger partial charge on any atom is 0.339 e. The van der Waals surface area contributed by atoms with Crippen LogP contribution in [-0.2, 0) is 24.2 Å². The van der Waals surface area contributed by atoms with Crippen LogP contribution in [0.25, 0.3) is 21.9 Å². The van der Waals surface area contributed by atoms with Gasteiger partial charge in [-0.3, -0.25) is 14.2 Å². The van der Waals surface area contributed by atoms with Gasteiger partial charge in [0.2, 0.25) is 0 Å². The molecule has 5 rings (SSSR count). The summed E-state index contributed by atoms with van der Waals surface area (Å²) < 4.78 is 12.2. The smallest absolute Gasteiger partial charge is 0.339 e. The van der Waals surface area contributed by atoms with Gasteiger partial charge in [0.15, 0.2) is 0 Å². The van der Waals surface area contributed by atoms with Crippen LogP contribution in [0.2, 0.25) is 0 Å². The summed E-state index contributed by atoms with van der Waals surface area (Å²) in [7, 11) is 0. The second kappa shape index (κ2) is 7.26. The Morgan fingerprint density at radius 2 is 1.90 bits per heavy atom. The molecule has 0 bridgehead atoms. The number of fused-ring (bicyclic) bond motifs is 4. The SMILES string of the molecule is O=C(CCn1cnc2ccccc2c1=O)Oc1ccc2c3c(c(=O)oc2c1)CCC3. The first kappa shape index (κ1) is 18.3. The minimum absolute atomic E-state index is 0.00605. The third-order valence-electron chi connectivity index (χ3n) is 5.47. The standard InChI is InChI=1S/C23H18N2O5/c26-21(10-11-25-13-24-19-7-2-1-4-18(19)22(25)27)29-14-8-9-16-15-5-3-6-17(15)23(28)30-20(16)12-14/h1-2,4,7-9,12-13H,3,5-6,10-11H2. The lowest BCUT2D eigenvalue weighted by Crippen LogP contribution is -2.23. The average Bonchev–Trinajstić information content (AvgIpc) is 3.24. The van der Waals surface area contributed by atoms with Crippen LogP contribution in [0.15, 0.2) is 62.8 Å². The van der Waals surface area contributed by atoms with Crippen molar-refractivity contribution in [3.05, 3.63) is 80.7 Å². The predicted octanol–water partition coefficient (Wildman–Crippen LogP) is 2.99. The van der Waals surface area contributed by atoms with Crippen molar-refractivity contribution >= 4 is 27.8 Å². The highest BCUT2D eigenvalue weighted by Crippen LogP contribution is 2.29. The maximum absolute atomic E-state index is 12.5. The summed E-state index contributed by atoms with van der Waals surface area (Å²) in [6.07, 6.45) is 3.98. The van der Waals surface area contributed by atoms with E-state index in [0.29, 0.717) is 22.2 Å². The largest absolute Gasteiger partial charge is 0.426 e. The molecule has 0 spiro atoms. The topological polar surface area (TPSA) is 91.4 Å². The van der Waals surface area contributed by atoms with Gasteiger partial charge in [-0.15, -0.1) is 0 Å². The second-order valence-corrected chi connectivity index (χ2v) is 7.34. The molecule has 0 fully saturated rings. The van der Waals surface area contributed by atoms with E-state index in [2.05, 4.69) is 4.98 Å². The third kappa shape index (κ3) is 3.18. The van der Waals surface area contributed by atoms with Gasteiger partial charge >= 0.3 is 11.6 Å². The molecule has 30 heavy (non-hydrogen) atoms. The fraction of sp³-hybridized carbons (Fsp3) is 0.217. The zero-order chi connectivity index (χ0) is 20.7. The van der Waals surface area contributed by atoms with Crippen LogP contribution in [0.3, 0.4) is 0 Å². The van der Waals surface area contributed by atoms with Gasteiger partial charge in [-0.05, 0) is 49.1 Å². The molecule has 0 N–H and O–H groups in total. The minimum Gasteiger partial charge on any atom is -0.426 e. The monoisotopic (exact) mass is 402 g/mol. The van der Waals surface area contributed by atoms with Gasteiger partial charge in [0.1, 0.15) is 11.3 Å². The fourth-order valence-electron chi connectivity index (χ4n) is 3.99. The summed E-state index contributed by atoms with van der Waals surface area (Å²) >= 11 is 0. The predicted molar refractivity (Wildman–Crippen MR) is 111 cm³/mol. The molecule has 1 aliphatic carbocycles. The first-order chi connectivity index (χ1) is 14.6. The third-order valence-corrected chi connectivity index (χ3v) is 5.47. The summed E-state index contributed by atoms with van der Waals surface area (Å²) in [5.41, 5.74) is 2.30. The van der Waals surface area contributed by atoms with E-state index in [1.54, 1.807) is 30.3 Å². The molecule has 7 heteroatoms. The average molecular weight is 402 g/mol. The van der Waals surface area contributed by atoms with E-state index in [9.17, 15) is 14.4 Å². The number of nitrogens with zero attached hydrogens (tertiary/aromatic N) is 2. The number of rotatable bonds is 4. The normalized spacial score (nSPS) is 12.9. The molecule has 0 saturated carbocycles. The number of ether oxygens (including phenoxy) is 1. The summed E-state index contributed by atoms with van der Waals surface area (Å²) in [4.78, 5) is 41.2. The minimum atomic E-state index is -0.488. The molecule has 2 aromatic heterocycles. The van der Waals surface area contributed by atoms with Gasteiger partial charge in [-0.2, -0.15) is 0 Å². The molecule has 0 unspecified atom stereocenters. The number of para-hydroxylation sites is 1. The van der Waals surface area contributed by atoms with Crippen LogP contribution in [0.5, 0.6) is 5.75 Å². The van der Waals surface area contributed by atoms with Gasteiger partial charge in [0.05, 0.1) is 23.7 Å². The van der Waals surface area contributed by atoms with Gasteiger partial charge in [0, 0.05) is 23.6 Å². The molecule has 0 radical (unpaired) electrons. The Morgan fingerprint density at radius 1 is 1.07 bits per heavy atom. The van der Waals surface area contributed by atoms with E-state index in [1.807, 2.05) is 12.1 Å². The highest BCUT2D eigenvalue weighted by Gasteiger charge is 2.20. The molecule has 150 valence electrons. The van der Waals surface area contributed by atoms with Crippen LogP contribution in [0.1, 0.15) is 24.0 Å². The highest BCUT2D eigenvalue weighted by molar-refractivity contribution is 5.84. The lowest BCUT2D eigenvalue weighted by atomic mass is 10.1. The van der Waals surface area contributed by atoms with Gasteiger partial charge in [0.25, 0.3) is 5.56 Å². The van der Waals surface area contributed by atoms with Gasteiger partial charge < -0.3 is 9.15 Å². The van der Waals surface area contributed by atoms with Crippen molar-refractivity contribution in [1.29, 1.82) is 0 Å². The van der Waals surface area contributed by atoms with Crippen LogP contribution in [0, 0.1) is 0 Å². The Kier molecular flexibility index (Phi) is 4.43. The Labute approximate surface area is 170 Å². The zero-order valence-electron chi connectivity index (χ0n) is 16.1. The molecular formula is C23H18N2O5. The first-order valence-corrected chi connectivity index (χ1v) is 9.83. The van der Waals surface area contributed by atoms with Crippen molar-refractivity contribution in [2.45, 2.75) is 32.2 Å². The maximum atomic E-state index is 12.5. The molecule has 0 saturated heterocycles. The van der Waals surface area contributed by atoms with E-state index in [-0.39, 0.29) is 24.2 Å². The Balaban J connectivity index is 1.33. The quantitative estimate of drug-likeness (QED) is 0.296. The Bertz CT molecular complexity index is 1420. The van der Waals surface area contributed by atoms with E-state index >= 15 is 0 Å². The molecule has 0 amide bonds. The Morgan fingerprint density at radius 3 is 2.80 bits per heavy atom. The number of aromatic nitrogens is 2. The van der Waals surface area contributed by atoms with Crippen molar-refractivity contribution in [1.82, 2.24) is 9.55 Å². The van der Waals surface area contributed by atoms with E-state index in [0.717, 1.165) is 35.8 Å². The van der Waals surface area contributed by atoms with Gasteiger partial charge in [-0.25, -0.2) is 9.78 Å². The summed E-state index contributed by atoms with van der Waals surface area (Å²) in [5.74, 6) is -0.185. The van der Waals surface area contributed by atoms with Crippen molar-refractivity contribution in [3.63, 3.8) is 0 Å². The number of esters is 1. The Hall–Kier alpha value is -3.74. The molecular weight excluding hydrogens is 384 g/mol. The van der Waals surface area contributed by atoms with Crippen molar-refractivity contribution in [2.75, 3.05) is 0 Å². The summed E-state index contributed by atoms with van der Waals surface area (Å²) in [6.45, 7) is 0.158. The molecule has 4 aromatic rings. The fourth-order valence-corrected chi connectivity index (χ4v) is 3.99. The van der Waals surface area contributed by atoms with Crippen molar-refractivity contribution in [3.8, 4) is 5.75 Å². The summed E-state index contributed by atoms with van der Waals surface area (Å²) in [6, 6.07) is 12.2. The van der Waals surface area contributed by atoms with Crippen LogP contribution in [-0.4, -0.2) is 15.5 Å². The lowest BCUT2D eigenvalue weighted by molar-refractivity contribution is -0.134. The van der Waals surface area contributed by atoms with E-state index in [1.165, 1.54) is 10.9 Å². The van der Waals surface area contributed by atoms with Crippen LogP contribution >= 0.6 is 0 Å². The van der Waals surface area contributed by atoms with Crippen LogP contribution in [0.4, 0.5) is 0 Å². The van der Waals surface area contributed by atoms with Crippen LogP contribution < -0.4 is 15.9 Å². The number of hydrogen-bond donors (Lipinski definition) is 0. The highest BCUT2D eigenvalue weighted by atomic mass is 16.5. The van der Waals surface area contributed by atoms with E-state index < -0.39 is 5.97 Å². The molecule has 0 aliphatic heterocycles. The van der Waals surface area contributed by atoms with Crippen molar-refractivity contribution < 1.29 is 13.9 Å². The van der Waals surface area contributed by atoms with Gasteiger partial charge in [-0.1, -0.05) is 12.1 Å². The zero-order valence-corrected chi connectivity index (χ0v) is 16.1. The second-order valence-electron chi connectivity index (χ2n) is 7.34. The van der Waals surface area contributed by atoms with E-state index in [4.69, 9.17) is 9.15 Å². The number of hydrogen-bond acceptors (Lipinski definition) is 6. The summed E-state index contributed by atoms with van der Waals surface area (Å²) in [5, 5.41) is 1.39. The number of aryl methyl sites for hydroxylation is 2. The number of carbonyl (C=O) groups is 1. The first-order valence-electron chi connectivity index (χ1n) is 9.83. The van der Waals surface area contributed by atoms with Crippen molar-refractivity contribution in [2.24, 2.45) is 0 Å². The molecule has 7 nitrogen and oxygen atoms in total. The molecule has 1 aliphatic rings. The number of benzene rings is 2. The molecule has 2 heterocycles. The lowest BCUT2D eigenvalue weighted by Gasteiger charge is -2.08. The molecule has 2 aromatic carbocycles.